The number of hydrogen-bond acceptors (Lipinski definition) is 15. The molecule has 8 aliphatic rings. The Morgan fingerprint density at radius 1 is 0.591 bits per heavy atom. The Balaban J connectivity index is 0.000000365. The van der Waals surface area contributed by atoms with Crippen LogP contribution in [0.25, 0.3) is 0 Å². The van der Waals surface area contributed by atoms with Crippen LogP contribution in [-0.2, 0) is 52.5 Å². The van der Waals surface area contributed by atoms with E-state index in [9.17, 15) is 44.1 Å². The zero-order chi connectivity index (χ0) is 66.5. The Morgan fingerprint density at radius 3 is 1.40 bits per heavy atom. The number of carbonyl (C=O) groups excluding carboxylic acids is 5. The highest BCUT2D eigenvalue weighted by Gasteiger charge is 2.55. The molecule has 4 saturated carbocycles. The molecule has 0 aliphatic heterocycles. The summed E-state index contributed by atoms with van der Waals surface area (Å²) in [4.78, 5) is 67.7. The lowest BCUT2D eigenvalue weighted by Gasteiger charge is -2.28. The molecule has 0 heterocycles. The van der Waals surface area contributed by atoms with Crippen LogP contribution in [0.3, 0.4) is 0 Å². The van der Waals surface area contributed by atoms with Crippen LogP contribution in [0.5, 0.6) is 0 Å². The van der Waals surface area contributed by atoms with Crippen LogP contribution in [0.4, 0.5) is 0 Å². The van der Waals surface area contributed by atoms with Crippen molar-refractivity contribution < 1.29 is 78.0 Å². The van der Waals surface area contributed by atoms with E-state index in [1.54, 1.807) is 57.2 Å². The van der Waals surface area contributed by atoms with Crippen LogP contribution < -0.4 is 0 Å². The van der Waals surface area contributed by atoms with E-state index >= 15 is 0 Å². The van der Waals surface area contributed by atoms with Crippen molar-refractivity contribution in [2.24, 2.45) is 57.7 Å². The Morgan fingerprint density at radius 2 is 1.01 bits per heavy atom. The molecular formula is C69H108B3O16. The molecule has 5 radical (unpaired) electrons. The van der Waals surface area contributed by atoms with Gasteiger partial charge in [0.2, 0.25) is 0 Å². The average molecular weight is 1230 g/mol. The third-order valence-electron chi connectivity index (χ3n) is 16.6. The van der Waals surface area contributed by atoms with Crippen LogP contribution in [0.1, 0.15) is 198 Å². The fourth-order valence-electron chi connectivity index (χ4n) is 11.5. The molecule has 489 valence electrons. The van der Waals surface area contributed by atoms with Gasteiger partial charge in [0.05, 0.1) is 47.6 Å². The second-order valence-corrected chi connectivity index (χ2v) is 27.5. The van der Waals surface area contributed by atoms with Crippen molar-refractivity contribution in [2.75, 3.05) is 0 Å². The number of carboxylic acid groups (broad SMARTS) is 1. The fraction of sp³-hybridized carbons (Fsp3) is 0.710. The molecule has 16 nitrogen and oxygen atoms in total. The third-order valence-corrected chi connectivity index (χ3v) is 16.6. The van der Waals surface area contributed by atoms with Crippen molar-refractivity contribution >= 4 is 58.4 Å². The van der Waals surface area contributed by atoms with Crippen molar-refractivity contribution in [1.29, 1.82) is 0 Å². The van der Waals surface area contributed by atoms with Crippen LogP contribution >= 0.6 is 0 Å². The molecule has 0 amide bonds. The van der Waals surface area contributed by atoms with E-state index in [4.69, 9.17) is 33.9 Å². The van der Waals surface area contributed by atoms with Crippen molar-refractivity contribution in [1.82, 2.24) is 0 Å². The molecule has 0 aromatic heterocycles. The Kier molecular flexibility index (Phi) is 35.4. The molecule has 5 N–H and O–H groups in total. The molecule has 8 rings (SSSR count). The van der Waals surface area contributed by atoms with Crippen molar-refractivity contribution in [3.05, 3.63) is 86.1 Å². The zero-order valence-corrected chi connectivity index (χ0v) is 55.0. The molecule has 0 aromatic rings. The van der Waals surface area contributed by atoms with Gasteiger partial charge >= 0.3 is 35.8 Å². The monoisotopic (exact) mass is 1230 g/mol. The Hall–Kier alpha value is -4.97. The number of carbonyl (C=O) groups is 6. The lowest BCUT2D eigenvalue weighted by molar-refractivity contribution is -0.160. The molecule has 0 aromatic carbocycles. The minimum absolute atomic E-state index is 0.00882. The number of rotatable bonds is 20. The number of aliphatic carboxylic acids is 1. The van der Waals surface area contributed by atoms with E-state index in [1.165, 1.54) is 45.1 Å². The largest absolute Gasteiger partial charge is 0.481 e. The SMILES string of the molecule is C=CCCCC1=CCC[C@H]1O.C=CCCC[C@@H]1[C@H]2C[C@H]2C[C@H]1O.C=CCCC[C@@H]1[C@H]2C[C@H]2C[C@H]1OC(=O)C[C@H](C(=O)O)C(C)(C)C.CC(=O)O[C@H]1C=C[C@@H](O)C1.CC(=O)O[C@H]1C=C[C@@H](OC(=O)C(C)(C)C)C1.CC(C)(C)C(=O)O[C@@H]1C=C[C@H](O)C1.[B][B][B]. The van der Waals surface area contributed by atoms with Gasteiger partial charge in [-0.3, -0.25) is 28.8 Å². The summed E-state index contributed by atoms with van der Waals surface area (Å²) in [5, 5.41) is 46.5. The van der Waals surface area contributed by atoms with Gasteiger partial charge in [0, 0.05) is 55.6 Å². The summed E-state index contributed by atoms with van der Waals surface area (Å²) in [5.41, 5.74) is -0.187. The van der Waals surface area contributed by atoms with Gasteiger partial charge in [-0.1, -0.05) is 57.2 Å². The number of esters is 5. The quantitative estimate of drug-likeness (QED) is 0.0250. The average Bonchev–Trinajstić information content (AvgIpc) is 1.91. The maximum atomic E-state index is 12.3. The normalized spacial score (nSPS) is 29.0. The molecule has 0 saturated heterocycles. The molecule has 0 bridgehead atoms. The maximum Gasteiger partial charge on any atom is 0.311 e. The standard InChI is InChI=1S/C19H30O4.C12H18O4.C11H18O.C10H16O3.C10H16O.C7H10O3.B3/c1-5-6-7-8-13-14-9-12(14)10-16(13)23-17(20)11-15(18(21)22)19(2,3)4;1-8(13)15-9-5-6-10(7-9)16-11(14)12(2,3)4;1-2-3-4-5-9-10-6-8(10)7-11(9)12;1-10(2,3)9(12)13-8-5-4-7(11)6-8;1-2-3-4-6-9-7-5-8-10(9)11;1-5(8)10-7-3-2-6(9)4-7;1-3-2/h5,12-16H,1,6-11H2,2-4H3,(H,21,22);5-6,9-10H,7H2,1-4H3;2,8-12H,1,3-7H2;4-5,7-8,11H,6H2,1-3H3;2,7,10-11H,1,3-6,8H2;2-3,6-7,9H,4H2,1H3;/t12-,13+,14-,15+,16+;9-,10+;8-,9+,10-,11+;7-,8+;10-;6-,7+;/m000011./s1. The summed E-state index contributed by atoms with van der Waals surface area (Å²) in [7, 11) is 10.0. The van der Waals surface area contributed by atoms with Gasteiger partial charge in [0.25, 0.3) is 0 Å². The number of unbranched alkanes of at least 4 members (excludes halogenated alkanes) is 3. The van der Waals surface area contributed by atoms with Gasteiger partial charge in [-0.15, -0.1) is 19.7 Å². The van der Waals surface area contributed by atoms with Gasteiger partial charge in [0.15, 0.2) is 0 Å². The molecular weight excluding hydrogens is 1120 g/mol. The van der Waals surface area contributed by atoms with E-state index in [-0.39, 0.29) is 79.0 Å². The van der Waals surface area contributed by atoms with Gasteiger partial charge < -0.3 is 49.2 Å². The summed E-state index contributed by atoms with van der Waals surface area (Å²) >= 11 is 0. The number of allylic oxidation sites excluding steroid dienone is 4. The first kappa shape index (κ1) is 79.1. The highest BCUT2D eigenvalue weighted by molar-refractivity contribution is 7.17. The smallest absolute Gasteiger partial charge is 0.311 e. The third kappa shape index (κ3) is 31.2. The maximum absolute atomic E-state index is 12.3. The fourth-order valence-corrected chi connectivity index (χ4v) is 11.5. The molecule has 88 heavy (non-hydrogen) atoms. The number of aliphatic hydroxyl groups is 4. The summed E-state index contributed by atoms with van der Waals surface area (Å²) in [5.74, 6) is 1.25. The van der Waals surface area contributed by atoms with E-state index in [1.807, 2.05) is 59.8 Å². The van der Waals surface area contributed by atoms with E-state index in [0.29, 0.717) is 31.1 Å². The minimum atomic E-state index is -0.925. The van der Waals surface area contributed by atoms with Crippen LogP contribution in [0.2, 0.25) is 0 Å². The van der Waals surface area contributed by atoms with Gasteiger partial charge in [-0.05, 0) is 209 Å². The number of carboxylic acids is 1. The summed E-state index contributed by atoms with van der Waals surface area (Å²) in [6.45, 7) is 30.2. The first-order valence-electron chi connectivity index (χ1n) is 31.9. The lowest BCUT2D eigenvalue weighted by Crippen LogP contribution is -2.33. The number of ether oxygens (including phenoxy) is 5. The topological polar surface area (TPSA) is 250 Å². The van der Waals surface area contributed by atoms with Crippen LogP contribution in [0, 0.1) is 57.7 Å². The Bertz CT molecular complexity index is 2330. The van der Waals surface area contributed by atoms with Gasteiger partial charge in [0.1, 0.15) is 30.5 Å². The minimum Gasteiger partial charge on any atom is -0.481 e. The van der Waals surface area contributed by atoms with Gasteiger partial charge in [-0.25, -0.2) is 0 Å². The number of fused-ring (bicyclic) bond motifs is 2. The van der Waals surface area contributed by atoms with Crippen LogP contribution in [0.15, 0.2) is 86.1 Å². The summed E-state index contributed by atoms with van der Waals surface area (Å²) < 4.78 is 25.9. The molecule has 8 aliphatic carbocycles. The molecule has 0 unspecified atom stereocenters. The van der Waals surface area contributed by atoms with E-state index in [0.717, 1.165) is 101 Å². The number of hydrogen-bond donors (Lipinski definition) is 5. The van der Waals surface area contributed by atoms with Crippen LogP contribution in [-0.4, -0.2) is 139 Å². The second-order valence-electron chi connectivity index (χ2n) is 27.5. The van der Waals surface area contributed by atoms with E-state index < -0.39 is 40.3 Å². The highest BCUT2D eigenvalue weighted by Crippen LogP contribution is 2.58. The molecule has 16 atom stereocenters. The first-order valence-corrected chi connectivity index (χ1v) is 31.9. The van der Waals surface area contributed by atoms with E-state index in [2.05, 4.69) is 41.3 Å². The first-order chi connectivity index (χ1) is 41.2. The highest BCUT2D eigenvalue weighted by atomic mass is 16.6. The molecule has 19 heteroatoms. The predicted octanol–water partition coefficient (Wildman–Crippen LogP) is 11.0. The lowest BCUT2D eigenvalue weighted by atomic mass is 9.40. The van der Waals surface area contributed by atoms with Crippen molar-refractivity contribution in [2.45, 2.75) is 253 Å². The number of aliphatic hydroxyl groups excluding tert-OH is 4. The predicted molar refractivity (Wildman–Crippen MR) is 346 cm³/mol. The van der Waals surface area contributed by atoms with Crippen molar-refractivity contribution in [3.63, 3.8) is 0 Å². The van der Waals surface area contributed by atoms with Crippen molar-refractivity contribution in [3.8, 4) is 0 Å². The van der Waals surface area contributed by atoms with Gasteiger partial charge in [-0.2, -0.15) is 0 Å². The zero-order valence-electron chi connectivity index (χ0n) is 55.0. The second kappa shape index (κ2) is 39.3. The Labute approximate surface area is 530 Å². The summed E-state index contributed by atoms with van der Waals surface area (Å²) in [6.07, 6.45) is 34.3. The molecule has 0 spiro atoms. The summed E-state index contributed by atoms with van der Waals surface area (Å²) in [6, 6.07) is 0. The molecule has 4 fully saturated rings.